The first-order valence-corrected chi connectivity index (χ1v) is 6.54. The van der Waals surface area contributed by atoms with Crippen LogP contribution in [0.5, 0.6) is 0 Å². The molecule has 0 saturated carbocycles. The van der Waals surface area contributed by atoms with Gasteiger partial charge >= 0.3 is 6.09 Å². The number of nitrogens with two attached hydrogens (primary N) is 2. The van der Waals surface area contributed by atoms with Crippen molar-refractivity contribution in [1.82, 2.24) is 0 Å². The van der Waals surface area contributed by atoms with Crippen molar-refractivity contribution in [2.24, 2.45) is 10.7 Å². The van der Waals surface area contributed by atoms with Gasteiger partial charge in [0.1, 0.15) is 18.5 Å². The fraction of sp³-hybridized carbons (Fsp3) is 0.429. The van der Waals surface area contributed by atoms with E-state index in [0.29, 0.717) is 17.9 Å². The molecule has 7 nitrogen and oxygen atoms in total. The van der Waals surface area contributed by atoms with Gasteiger partial charge in [-0.3, -0.25) is 0 Å². The normalized spacial score (nSPS) is 21.2. The topological polar surface area (TPSA) is 109 Å². The molecule has 1 aromatic carbocycles. The van der Waals surface area contributed by atoms with Crippen molar-refractivity contribution < 1.29 is 19.0 Å². The summed E-state index contributed by atoms with van der Waals surface area (Å²) >= 11 is 0. The molecule has 1 aromatic rings. The molecular weight excluding hydrogens is 274 g/mol. The predicted molar refractivity (Wildman–Crippen MR) is 77.8 cm³/mol. The number of hydrogen-bond donors (Lipinski definition) is 2. The van der Waals surface area contributed by atoms with E-state index in [4.69, 9.17) is 25.7 Å². The van der Waals surface area contributed by atoms with Crippen LogP contribution in [0.1, 0.15) is 19.4 Å². The molecule has 0 radical (unpaired) electrons. The Hall–Kier alpha value is -2.12. The average Bonchev–Trinajstić information content (AvgIpc) is 2.77. The van der Waals surface area contributed by atoms with Gasteiger partial charge in [-0.15, -0.1) is 0 Å². The molecule has 1 unspecified atom stereocenters. The lowest BCUT2D eigenvalue weighted by Crippen LogP contribution is -2.25. The fourth-order valence-electron chi connectivity index (χ4n) is 1.86. The lowest BCUT2D eigenvalue weighted by atomic mass is 10.2. The second-order valence-electron chi connectivity index (χ2n) is 5.15. The highest BCUT2D eigenvalue weighted by Gasteiger charge is 2.33. The molecule has 1 amide bonds. The van der Waals surface area contributed by atoms with Crippen LogP contribution < -0.4 is 11.5 Å². The number of carbonyl (C=O) groups excluding carboxylic acids is 1. The van der Waals surface area contributed by atoms with Gasteiger partial charge in [0.2, 0.25) is 0 Å². The number of nitrogen functional groups attached to an aromatic ring is 1. The third-order valence-corrected chi connectivity index (χ3v) is 2.88. The molecule has 1 atom stereocenters. The zero-order chi connectivity index (χ0) is 15.5. The Morgan fingerprint density at radius 3 is 2.67 bits per heavy atom. The fourth-order valence-corrected chi connectivity index (χ4v) is 1.86. The molecule has 114 valence electrons. The molecule has 21 heavy (non-hydrogen) atoms. The maximum atomic E-state index is 11.6. The number of nitrogens with zero attached hydrogens (tertiary/aromatic N) is 1. The van der Waals surface area contributed by atoms with Gasteiger partial charge in [-0.25, -0.2) is 4.79 Å². The van der Waals surface area contributed by atoms with Gasteiger partial charge in [-0.1, -0.05) is 0 Å². The summed E-state index contributed by atoms with van der Waals surface area (Å²) in [7, 11) is 0. The van der Waals surface area contributed by atoms with E-state index in [1.807, 2.05) is 0 Å². The Kier molecular flexibility index (Phi) is 4.44. The Morgan fingerprint density at radius 1 is 1.43 bits per heavy atom. The summed E-state index contributed by atoms with van der Waals surface area (Å²) in [6.45, 7) is 4.04. The Morgan fingerprint density at radius 2 is 2.10 bits per heavy atom. The highest BCUT2D eigenvalue weighted by molar-refractivity contribution is 6.02. The van der Waals surface area contributed by atoms with Crippen LogP contribution in [0, 0.1) is 0 Å². The van der Waals surface area contributed by atoms with Crippen LogP contribution in [0.25, 0.3) is 0 Å². The van der Waals surface area contributed by atoms with Crippen LogP contribution in [-0.2, 0) is 14.2 Å². The van der Waals surface area contributed by atoms with E-state index in [1.165, 1.54) is 0 Å². The maximum Gasteiger partial charge on any atom is 0.435 e. The van der Waals surface area contributed by atoms with E-state index < -0.39 is 11.9 Å². The van der Waals surface area contributed by atoms with E-state index in [9.17, 15) is 4.79 Å². The standard InChI is InChI=1S/C14H19N3O4/c1-14(2)20-8-11(21-14)7-19-13(18)17-12(16)9-3-5-10(15)6-4-9/h3-6,11H,7-8,15H2,1-2H3,(H2,16,17,18). The van der Waals surface area contributed by atoms with Crippen molar-refractivity contribution in [3.05, 3.63) is 29.8 Å². The number of benzene rings is 1. The number of amidine groups is 1. The third kappa shape index (κ3) is 4.44. The molecule has 7 heteroatoms. The first kappa shape index (κ1) is 15.3. The summed E-state index contributed by atoms with van der Waals surface area (Å²) in [6.07, 6.45) is -1.06. The average molecular weight is 293 g/mol. The molecule has 0 spiro atoms. The van der Waals surface area contributed by atoms with Gasteiger partial charge in [0, 0.05) is 11.3 Å². The first-order valence-electron chi connectivity index (χ1n) is 6.54. The van der Waals surface area contributed by atoms with Crippen LogP contribution in [0.4, 0.5) is 10.5 Å². The monoisotopic (exact) mass is 293 g/mol. The van der Waals surface area contributed by atoms with Gasteiger partial charge < -0.3 is 25.7 Å². The van der Waals surface area contributed by atoms with Crippen LogP contribution >= 0.6 is 0 Å². The van der Waals surface area contributed by atoms with E-state index in [0.717, 1.165) is 0 Å². The molecule has 0 bridgehead atoms. The third-order valence-electron chi connectivity index (χ3n) is 2.88. The number of hydrogen-bond acceptors (Lipinski definition) is 5. The minimum Gasteiger partial charge on any atom is -0.445 e. The molecule has 1 fully saturated rings. The quantitative estimate of drug-likeness (QED) is 0.493. The molecule has 0 aromatic heterocycles. The van der Waals surface area contributed by atoms with E-state index in [2.05, 4.69) is 4.99 Å². The predicted octanol–water partition coefficient (Wildman–Crippen LogP) is 1.26. The van der Waals surface area contributed by atoms with Gasteiger partial charge in [0.25, 0.3) is 0 Å². The molecule has 4 N–H and O–H groups in total. The van der Waals surface area contributed by atoms with Crippen molar-refractivity contribution in [3.8, 4) is 0 Å². The van der Waals surface area contributed by atoms with Crippen molar-refractivity contribution in [3.63, 3.8) is 0 Å². The summed E-state index contributed by atoms with van der Waals surface area (Å²) in [6, 6.07) is 6.71. The molecule has 1 aliphatic heterocycles. The van der Waals surface area contributed by atoms with Crippen LogP contribution in [0.2, 0.25) is 0 Å². The summed E-state index contributed by atoms with van der Waals surface area (Å²) in [5.41, 5.74) is 12.5. The zero-order valence-electron chi connectivity index (χ0n) is 12.0. The number of aliphatic imine (C=N–C) groups is 1. The molecule has 1 heterocycles. The summed E-state index contributed by atoms with van der Waals surface area (Å²) in [5.74, 6) is -0.576. The maximum absolute atomic E-state index is 11.6. The lowest BCUT2D eigenvalue weighted by Gasteiger charge is -2.16. The SMILES string of the molecule is CC1(C)OCC(COC(=O)/N=C(/N)c2ccc(N)cc2)O1. The van der Waals surface area contributed by atoms with Gasteiger partial charge in [-0.2, -0.15) is 4.99 Å². The summed E-state index contributed by atoms with van der Waals surface area (Å²) in [5, 5.41) is 0. The highest BCUT2D eigenvalue weighted by Crippen LogP contribution is 2.22. The van der Waals surface area contributed by atoms with Crippen molar-refractivity contribution >= 4 is 17.6 Å². The number of anilines is 1. The molecule has 0 aliphatic carbocycles. The van der Waals surface area contributed by atoms with E-state index in [1.54, 1.807) is 38.1 Å². The minimum atomic E-state index is -0.766. The lowest BCUT2D eigenvalue weighted by molar-refractivity contribution is -0.142. The van der Waals surface area contributed by atoms with Gasteiger partial charge in [0.05, 0.1) is 6.61 Å². The first-order chi connectivity index (χ1) is 9.85. The van der Waals surface area contributed by atoms with Crippen LogP contribution in [0.3, 0.4) is 0 Å². The van der Waals surface area contributed by atoms with Gasteiger partial charge in [0.15, 0.2) is 5.79 Å². The molecule has 1 saturated heterocycles. The summed E-state index contributed by atoms with van der Waals surface area (Å²) < 4.78 is 15.9. The summed E-state index contributed by atoms with van der Waals surface area (Å²) in [4.78, 5) is 15.3. The Bertz CT molecular complexity index is 540. The Labute approximate surface area is 122 Å². The van der Waals surface area contributed by atoms with Crippen molar-refractivity contribution in [2.75, 3.05) is 18.9 Å². The minimum absolute atomic E-state index is 0.0702. The van der Waals surface area contributed by atoms with Crippen LogP contribution in [-0.4, -0.2) is 37.0 Å². The van der Waals surface area contributed by atoms with Crippen LogP contribution in [0.15, 0.2) is 29.3 Å². The van der Waals surface area contributed by atoms with Crippen molar-refractivity contribution in [2.45, 2.75) is 25.7 Å². The molecule has 1 aliphatic rings. The molecular formula is C14H19N3O4. The molecule has 2 rings (SSSR count). The van der Waals surface area contributed by atoms with Crippen molar-refractivity contribution in [1.29, 1.82) is 0 Å². The highest BCUT2D eigenvalue weighted by atomic mass is 16.7. The second-order valence-corrected chi connectivity index (χ2v) is 5.15. The zero-order valence-corrected chi connectivity index (χ0v) is 12.0. The number of ether oxygens (including phenoxy) is 3. The largest absolute Gasteiger partial charge is 0.445 e. The van der Waals surface area contributed by atoms with E-state index in [-0.39, 0.29) is 18.5 Å². The van der Waals surface area contributed by atoms with Gasteiger partial charge in [-0.05, 0) is 38.1 Å². The Balaban J connectivity index is 1.86. The van der Waals surface area contributed by atoms with E-state index >= 15 is 0 Å². The second kappa shape index (κ2) is 6.11. The number of carbonyl (C=O) groups is 1. The number of rotatable bonds is 3. The smallest absolute Gasteiger partial charge is 0.435 e. The number of amides is 1.